The van der Waals surface area contributed by atoms with Crippen molar-refractivity contribution in [1.29, 1.82) is 5.26 Å². The van der Waals surface area contributed by atoms with Crippen molar-refractivity contribution < 1.29 is 9.84 Å². The Morgan fingerprint density at radius 2 is 2.04 bits per heavy atom. The largest absolute Gasteiger partial charge is 0.491 e. The van der Waals surface area contributed by atoms with Gasteiger partial charge in [-0.25, -0.2) is 4.79 Å². The first-order valence-corrected chi connectivity index (χ1v) is 7.99. The van der Waals surface area contributed by atoms with Gasteiger partial charge in [0, 0.05) is 12.7 Å². The highest BCUT2D eigenvalue weighted by molar-refractivity contribution is 5.35. The van der Waals surface area contributed by atoms with Crippen molar-refractivity contribution in [1.82, 2.24) is 9.13 Å². The second-order valence-corrected chi connectivity index (χ2v) is 5.87. The summed E-state index contributed by atoms with van der Waals surface area (Å²) in [5.41, 5.74) is 0.637. The van der Waals surface area contributed by atoms with E-state index in [9.17, 15) is 14.7 Å². The maximum atomic E-state index is 12.3. The Bertz CT molecular complexity index is 921. The van der Waals surface area contributed by atoms with Crippen LogP contribution in [0.1, 0.15) is 23.6 Å². The first-order chi connectivity index (χ1) is 11.9. The van der Waals surface area contributed by atoms with Gasteiger partial charge in [0.25, 0.3) is 5.56 Å². The van der Waals surface area contributed by atoms with Crippen LogP contribution in [0.2, 0.25) is 0 Å². The van der Waals surface area contributed by atoms with Gasteiger partial charge in [0.05, 0.1) is 6.54 Å². The molecule has 0 bridgehead atoms. The average molecular weight is 343 g/mol. The molecule has 7 heteroatoms. The summed E-state index contributed by atoms with van der Waals surface area (Å²) in [6.07, 6.45) is 0.171. The summed E-state index contributed by atoms with van der Waals surface area (Å²) in [7, 11) is 0. The first kappa shape index (κ1) is 18.5. The second kappa shape index (κ2) is 7.81. The summed E-state index contributed by atoms with van der Waals surface area (Å²) in [6, 6.07) is 7.44. The number of rotatable bonds is 6. The molecule has 0 saturated carbocycles. The minimum Gasteiger partial charge on any atom is -0.491 e. The lowest BCUT2D eigenvalue weighted by Gasteiger charge is -2.16. The van der Waals surface area contributed by atoms with Crippen LogP contribution in [-0.4, -0.2) is 27.0 Å². The number of benzene rings is 1. The number of hydrogen-bond donors (Lipinski definition) is 1. The summed E-state index contributed by atoms with van der Waals surface area (Å²) >= 11 is 0. The van der Waals surface area contributed by atoms with Gasteiger partial charge in [-0.3, -0.25) is 13.9 Å². The van der Waals surface area contributed by atoms with Crippen molar-refractivity contribution in [2.45, 2.75) is 40.0 Å². The quantitative estimate of drug-likeness (QED) is 0.842. The van der Waals surface area contributed by atoms with Gasteiger partial charge in [-0.05, 0) is 32.4 Å². The molecule has 0 amide bonds. The van der Waals surface area contributed by atoms with Crippen LogP contribution in [0.15, 0.2) is 34.0 Å². The van der Waals surface area contributed by atoms with Crippen molar-refractivity contribution in [3.05, 3.63) is 61.9 Å². The average Bonchev–Trinajstić information content (AvgIpc) is 2.58. The van der Waals surface area contributed by atoms with E-state index in [0.29, 0.717) is 12.3 Å². The molecular weight excluding hydrogens is 322 g/mol. The Kier molecular flexibility index (Phi) is 5.78. The number of hydrogen-bond acceptors (Lipinski definition) is 5. The number of nitrogens with zero attached hydrogens (tertiary/aromatic N) is 3. The standard InChI is InChI=1S/C18H21N3O4/c1-4-20-9-14(8-19)17(23)21(18(20)24)10-15(22)11-25-16-6-5-12(2)7-13(16)3/h5-7,9,15,22H,4,10-11H2,1-3H3/t15-/m1/s1. The Labute approximate surface area is 145 Å². The third kappa shape index (κ3) is 4.17. The van der Waals surface area contributed by atoms with Gasteiger partial charge < -0.3 is 9.84 Å². The minimum absolute atomic E-state index is 0.0707. The molecule has 0 aliphatic heterocycles. The van der Waals surface area contributed by atoms with E-state index in [0.717, 1.165) is 15.7 Å². The van der Waals surface area contributed by atoms with E-state index in [1.165, 1.54) is 10.8 Å². The molecule has 25 heavy (non-hydrogen) atoms. The van der Waals surface area contributed by atoms with Gasteiger partial charge in [0.1, 0.15) is 30.1 Å². The molecule has 0 fully saturated rings. The fraction of sp³-hybridized carbons (Fsp3) is 0.389. The van der Waals surface area contributed by atoms with Crippen LogP contribution in [-0.2, 0) is 13.1 Å². The first-order valence-electron chi connectivity index (χ1n) is 7.99. The Morgan fingerprint density at radius 3 is 2.64 bits per heavy atom. The van der Waals surface area contributed by atoms with Gasteiger partial charge in [0.2, 0.25) is 0 Å². The van der Waals surface area contributed by atoms with Crippen molar-refractivity contribution in [2.24, 2.45) is 0 Å². The predicted molar refractivity (Wildman–Crippen MR) is 92.8 cm³/mol. The van der Waals surface area contributed by atoms with E-state index in [-0.39, 0.29) is 18.7 Å². The molecule has 1 N–H and O–H groups in total. The molecule has 7 nitrogen and oxygen atoms in total. The summed E-state index contributed by atoms with van der Waals surface area (Å²) in [5, 5.41) is 19.2. The number of aliphatic hydroxyl groups excluding tert-OH is 1. The lowest BCUT2D eigenvalue weighted by atomic mass is 10.1. The summed E-state index contributed by atoms with van der Waals surface area (Å²) < 4.78 is 7.71. The molecule has 1 heterocycles. The highest BCUT2D eigenvalue weighted by atomic mass is 16.5. The van der Waals surface area contributed by atoms with E-state index < -0.39 is 17.4 Å². The zero-order valence-corrected chi connectivity index (χ0v) is 14.5. The molecule has 2 rings (SSSR count). The van der Waals surface area contributed by atoms with Crippen LogP contribution in [0.3, 0.4) is 0 Å². The highest BCUT2D eigenvalue weighted by Crippen LogP contribution is 2.18. The third-order valence-corrected chi connectivity index (χ3v) is 3.85. The van der Waals surface area contributed by atoms with Crippen molar-refractivity contribution in [3.8, 4) is 11.8 Å². The van der Waals surface area contributed by atoms with E-state index in [2.05, 4.69) is 0 Å². The molecule has 1 aromatic heterocycles. The molecule has 0 spiro atoms. The van der Waals surface area contributed by atoms with Gasteiger partial charge in [-0.2, -0.15) is 5.26 Å². The topological polar surface area (TPSA) is 97.2 Å². The fourth-order valence-electron chi connectivity index (χ4n) is 2.53. The monoisotopic (exact) mass is 343 g/mol. The van der Waals surface area contributed by atoms with Gasteiger partial charge in [0.15, 0.2) is 0 Å². The second-order valence-electron chi connectivity index (χ2n) is 5.87. The summed E-state index contributed by atoms with van der Waals surface area (Å²) in [6.45, 7) is 5.62. The molecule has 0 aliphatic rings. The molecule has 2 aromatic rings. The number of aryl methyl sites for hydroxylation is 3. The van der Waals surface area contributed by atoms with Crippen LogP contribution in [0.25, 0.3) is 0 Å². The Morgan fingerprint density at radius 1 is 1.32 bits per heavy atom. The molecule has 0 radical (unpaired) electrons. The van der Waals surface area contributed by atoms with Gasteiger partial charge >= 0.3 is 5.69 Å². The smallest absolute Gasteiger partial charge is 0.331 e. The maximum absolute atomic E-state index is 12.3. The summed E-state index contributed by atoms with van der Waals surface area (Å²) in [5.74, 6) is 0.633. The van der Waals surface area contributed by atoms with E-state index in [1.807, 2.05) is 32.0 Å². The molecule has 0 aliphatic carbocycles. The summed E-state index contributed by atoms with van der Waals surface area (Å²) in [4.78, 5) is 24.4. The molecule has 132 valence electrons. The molecular formula is C18H21N3O4. The number of ether oxygens (including phenoxy) is 1. The van der Waals surface area contributed by atoms with E-state index >= 15 is 0 Å². The zero-order chi connectivity index (χ0) is 18.6. The number of nitriles is 1. The van der Waals surface area contributed by atoms with Crippen molar-refractivity contribution in [2.75, 3.05) is 6.61 Å². The Balaban J connectivity index is 2.18. The lowest BCUT2D eigenvalue weighted by Crippen LogP contribution is -2.44. The van der Waals surface area contributed by atoms with Crippen LogP contribution >= 0.6 is 0 Å². The molecule has 0 unspecified atom stereocenters. The molecule has 1 atom stereocenters. The zero-order valence-electron chi connectivity index (χ0n) is 14.5. The third-order valence-electron chi connectivity index (χ3n) is 3.85. The number of aliphatic hydroxyl groups is 1. The lowest BCUT2D eigenvalue weighted by molar-refractivity contribution is 0.0896. The van der Waals surface area contributed by atoms with Crippen molar-refractivity contribution >= 4 is 0 Å². The highest BCUT2D eigenvalue weighted by Gasteiger charge is 2.15. The Hall–Kier alpha value is -2.85. The van der Waals surface area contributed by atoms with Crippen LogP contribution in [0, 0.1) is 25.2 Å². The molecule has 0 saturated heterocycles. The van der Waals surface area contributed by atoms with E-state index in [4.69, 9.17) is 10.00 Å². The SMILES string of the molecule is CCn1cc(C#N)c(=O)n(C[C@@H](O)COc2ccc(C)cc2C)c1=O. The van der Waals surface area contributed by atoms with Crippen LogP contribution in [0.4, 0.5) is 0 Å². The predicted octanol–water partition coefficient (Wildman–Crippen LogP) is 0.958. The normalized spacial score (nSPS) is 11.8. The van der Waals surface area contributed by atoms with Gasteiger partial charge in [-0.1, -0.05) is 17.7 Å². The number of aromatic nitrogens is 2. The van der Waals surface area contributed by atoms with Crippen LogP contribution in [0.5, 0.6) is 5.75 Å². The van der Waals surface area contributed by atoms with Gasteiger partial charge in [-0.15, -0.1) is 0 Å². The molecule has 1 aromatic carbocycles. The van der Waals surface area contributed by atoms with E-state index in [1.54, 1.807) is 13.0 Å². The minimum atomic E-state index is -1.06. The maximum Gasteiger partial charge on any atom is 0.331 e. The fourth-order valence-corrected chi connectivity index (χ4v) is 2.53. The van der Waals surface area contributed by atoms with Crippen molar-refractivity contribution in [3.63, 3.8) is 0 Å². The van der Waals surface area contributed by atoms with Crippen LogP contribution < -0.4 is 16.0 Å².